The Morgan fingerprint density at radius 3 is 2.76 bits per heavy atom. The van der Waals surface area contributed by atoms with Gasteiger partial charge in [0.15, 0.2) is 5.78 Å². The molecule has 2 aromatic rings. The number of Topliss-reactive ketones (excluding diaryl/α,β-unsaturated/α-hetero) is 1. The first-order chi connectivity index (χ1) is 10.8. The monoisotopic (exact) mass is 291 g/mol. The van der Waals surface area contributed by atoms with Crippen molar-refractivity contribution < 1.29 is 26.9 Å². The number of aliphatic carboxylic acids is 1. The quantitative estimate of drug-likeness (QED) is 0.827. The summed E-state index contributed by atoms with van der Waals surface area (Å²) in [5.41, 5.74) is 0.0473. The summed E-state index contributed by atoms with van der Waals surface area (Å²) in [5.74, 6) is -3.24. The minimum absolute atomic E-state index is 0.117. The van der Waals surface area contributed by atoms with Gasteiger partial charge >= 0.3 is 5.97 Å². The van der Waals surface area contributed by atoms with Crippen LogP contribution in [0.2, 0.25) is 0 Å². The lowest BCUT2D eigenvalue weighted by Crippen LogP contribution is -2.06. The first-order valence-corrected chi connectivity index (χ1v) is 6.01. The van der Waals surface area contributed by atoms with Gasteiger partial charge in [-0.1, -0.05) is 12.1 Å². The molecule has 0 aliphatic heterocycles. The normalized spacial score (nSPS) is 11.7. The van der Waals surface area contributed by atoms with E-state index in [0.717, 1.165) is 6.07 Å². The first-order valence-electron chi connectivity index (χ1n) is 7.01. The molecule has 0 aliphatic rings. The average molecular weight is 291 g/mol. The Morgan fingerprint density at radius 1 is 1.33 bits per heavy atom. The van der Waals surface area contributed by atoms with Crippen LogP contribution < -0.4 is 0 Å². The molecule has 0 spiro atoms. The van der Waals surface area contributed by atoms with E-state index >= 15 is 0 Å². The van der Waals surface area contributed by atoms with E-state index in [4.69, 9.17) is 7.85 Å². The second kappa shape index (κ2) is 6.13. The number of carbonyl (C=O) groups excluding carboxylic acids is 1. The molecular weight excluding hydrogens is 277 g/mol. The van der Waals surface area contributed by atoms with Crippen molar-refractivity contribution in [3.63, 3.8) is 0 Å². The summed E-state index contributed by atoms with van der Waals surface area (Å²) >= 11 is 0. The third kappa shape index (κ3) is 3.62. The van der Waals surface area contributed by atoms with Crippen molar-refractivity contribution in [1.29, 1.82) is 0 Å². The number of aromatic hydroxyl groups is 1. The van der Waals surface area contributed by atoms with E-state index in [9.17, 15) is 19.1 Å². The van der Waals surface area contributed by atoms with E-state index in [1.165, 1.54) is 18.3 Å². The van der Waals surface area contributed by atoms with Gasteiger partial charge in [-0.2, -0.15) is 0 Å². The largest absolute Gasteiger partial charge is 0.506 e. The zero-order valence-corrected chi connectivity index (χ0v) is 10.8. The molecule has 6 heteroatoms. The van der Waals surface area contributed by atoms with E-state index in [2.05, 4.69) is 4.98 Å². The third-order valence-corrected chi connectivity index (χ3v) is 2.71. The van der Waals surface area contributed by atoms with Gasteiger partial charge in [-0.05, 0) is 23.7 Å². The van der Waals surface area contributed by atoms with Gasteiger partial charge in [0.2, 0.25) is 0 Å². The molecule has 0 saturated heterocycles. The minimum Gasteiger partial charge on any atom is -0.506 e. The molecule has 0 unspecified atom stereocenters. The SMILES string of the molecule is [2H]c1ccc(-c2cnc(C(=O)CCC(=O)O)c(O)c2)c([2H])c1F. The Morgan fingerprint density at radius 2 is 2.10 bits per heavy atom. The lowest BCUT2D eigenvalue weighted by molar-refractivity contribution is -0.136. The predicted molar refractivity (Wildman–Crippen MR) is 72.5 cm³/mol. The van der Waals surface area contributed by atoms with Gasteiger partial charge in [-0.25, -0.2) is 9.37 Å². The lowest BCUT2D eigenvalue weighted by Gasteiger charge is -2.06. The molecular formula is C15H12FNO4. The van der Waals surface area contributed by atoms with Gasteiger partial charge in [-0.15, -0.1) is 0 Å². The second-order valence-electron chi connectivity index (χ2n) is 4.24. The molecule has 2 rings (SSSR count). The standard InChI is InChI=1S/C15H12FNO4/c16-11-3-1-2-9(6-11)10-7-13(19)15(17-8-10)12(18)4-5-14(20)21/h1-3,6-8,19H,4-5H2,(H,20,21)/i3D,6D. The summed E-state index contributed by atoms with van der Waals surface area (Å²) in [4.78, 5) is 26.0. The van der Waals surface area contributed by atoms with E-state index in [0.29, 0.717) is 0 Å². The maximum Gasteiger partial charge on any atom is 0.303 e. The van der Waals surface area contributed by atoms with Crippen molar-refractivity contribution in [3.05, 3.63) is 48.0 Å². The highest BCUT2D eigenvalue weighted by atomic mass is 19.1. The number of rotatable bonds is 5. The lowest BCUT2D eigenvalue weighted by atomic mass is 10.1. The topological polar surface area (TPSA) is 87.5 Å². The van der Waals surface area contributed by atoms with Crippen molar-refractivity contribution in [2.45, 2.75) is 12.8 Å². The van der Waals surface area contributed by atoms with Gasteiger partial charge in [0.05, 0.1) is 9.16 Å². The maximum absolute atomic E-state index is 13.6. The van der Waals surface area contributed by atoms with Gasteiger partial charge in [0.25, 0.3) is 0 Å². The predicted octanol–water partition coefficient (Wildman–Crippen LogP) is 2.64. The van der Waals surface area contributed by atoms with Crippen LogP contribution >= 0.6 is 0 Å². The summed E-state index contributed by atoms with van der Waals surface area (Å²) in [5, 5.41) is 18.4. The fourth-order valence-electron chi connectivity index (χ4n) is 1.72. The molecule has 21 heavy (non-hydrogen) atoms. The second-order valence-corrected chi connectivity index (χ2v) is 4.24. The summed E-state index contributed by atoms with van der Waals surface area (Å²) in [6, 6.07) is 2.74. The van der Waals surface area contributed by atoms with Crippen LogP contribution in [-0.4, -0.2) is 26.9 Å². The van der Waals surface area contributed by atoms with Crippen LogP contribution in [0.3, 0.4) is 0 Å². The number of benzene rings is 1. The van der Waals surface area contributed by atoms with E-state index < -0.39 is 35.4 Å². The van der Waals surface area contributed by atoms with E-state index in [-0.39, 0.29) is 29.7 Å². The molecule has 0 bridgehead atoms. The number of ketones is 1. The summed E-state index contributed by atoms with van der Waals surface area (Å²) in [6.07, 6.45) is 0.500. The zero-order valence-electron chi connectivity index (χ0n) is 12.8. The van der Waals surface area contributed by atoms with Crippen LogP contribution in [0.4, 0.5) is 4.39 Å². The van der Waals surface area contributed by atoms with Gasteiger partial charge in [0, 0.05) is 18.2 Å². The Labute approximate surface area is 122 Å². The van der Waals surface area contributed by atoms with Gasteiger partial charge < -0.3 is 10.2 Å². The summed E-state index contributed by atoms with van der Waals surface area (Å²) < 4.78 is 28.5. The summed E-state index contributed by atoms with van der Waals surface area (Å²) in [6.45, 7) is 0. The Balaban J connectivity index is 2.35. The molecule has 1 aromatic carbocycles. The van der Waals surface area contributed by atoms with Crippen molar-refractivity contribution in [2.75, 3.05) is 0 Å². The molecule has 0 amide bonds. The van der Waals surface area contributed by atoms with Crippen molar-refractivity contribution in [2.24, 2.45) is 0 Å². The molecule has 0 saturated carbocycles. The van der Waals surface area contributed by atoms with Crippen LogP contribution in [0.15, 0.2) is 36.5 Å². The smallest absolute Gasteiger partial charge is 0.303 e. The molecule has 0 aliphatic carbocycles. The molecule has 5 nitrogen and oxygen atoms in total. The highest BCUT2D eigenvalue weighted by molar-refractivity contribution is 5.98. The fourth-order valence-corrected chi connectivity index (χ4v) is 1.72. The molecule has 1 heterocycles. The molecule has 108 valence electrons. The maximum atomic E-state index is 13.6. The van der Waals surface area contributed by atoms with Crippen LogP contribution in [0, 0.1) is 5.82 Å². The molecule has 1 aromatic heterocycles. The Bertz CT molecular complexity index is 795. The van der Waals surface area contributed by atoms with Crippen LogP contribution in [-0.2, 0) is 4.79 Å². The van der Waals surface area contributed by atoms with Crippen LogP contribution in [0.25, 0.3) is 11.1 Å². The number of pyridine rings is 1. The number of aromatic nitrogens is 1. The van der Waals surface area contributed by atoms with Crippen LogP contribution in [0.5, 0.6) is 5.75 Å². The number of hydrogen-bond donors (Lipinski definition) is 2. The summed E-state index contributed by atoms with van der Waals surface area (Å²) in [7, 11) is 0. The fraction of sp³-hybridized carbons (Fsp3) is 0.133. The van der Waals surface area contributed by atoms with E-state index in [1.54, 1.807) is 0 Å². The Hall–Kier alpha value is -2.76. The Kier molecular flexibility index (Phi) is 3.51. The van der Waals surface area contributed by atoms with Crippen molar-refractivity contribution in [1.82, 2.24) is 4.98 Å². The zero-order chi connectivity index (χ0) is 17.1. The number of hydrogen-bond acceptors (Lipinski definition) is 4. The van der Waals surface area contributed by atoms with Gasteiger partial charge in [-0.3, -0.25) is 9.59 Å². The highest BCUT2D eigenvalue weighted by Crippen LogP contribution is 2.26. The van der Waals surface area contributed by atoms with Crippen molar-refractivity contribution in [3.8, 4) is 16.9 Å². The number of carboxylic acid groups (broad SMARTS) is 1. The third-order valence-electron chi connectivity index (χ3n) is 2.71. The first kappa shape index (κ1) is 12.0. The average Bonchev–Trinajstić information content (AvgIpc) is 2.50. The van der Waals surface area contributed by atoms with Crippen molar-refractivity contribution >= 4 is 11.8 Å². The molecule has 0 fully saturated rings. The number of nitrogens with zero attached hydrogens (tertiary/aromatic N) is 1. The van der Waals surface area contributed by atoms with Crippen LogP contribution in [0.1, 0.15) is 26.1 Å². The number of carbonyl (C=O) groups is 2. The molecule has 0 radical (unpaired) electrons. The minimum atomic E-state index is -1.14. The molecule has 2 N–H and O–H groups in total. The highest BCUT2D eigenvalue weighted by Gasteiger charge is 2.15. The molecule has 0 atom stereocenters. The van der Waals surface area contributed by atoms with Gasteiger partial charge in [0.1, 0.15) is 17.3 Å². The van der Waals surface area contributed by atoms with E-state index in [1.807, 2.05) is 0 Å². The number of halogens is 1. The number of carboxylic acids is 1.